The van der Waals surface area contributed by atoms with Crippen molar-refractivity contribution in [1.29, 1.82) is 0 Å². The summed E-state index contributed by atoms with van der Waals surface area (Å²) in [5.41, 5.74) is 8.89. The SMILES string of the molecule is Nc1ccc2c(c1)CN(C(=O)c1ccc(O)cc1O)CC2. The molecule has 108 valence electrons. The van der Waals surface area contributed by atoms with Crippen molar-refractivity contribution >= 4 is 11.6 Å². The van der Waals surface area contributed by atoms with Gasteiger partial charge in [-0.15, -0.1) is 0 Å². The number of fused-ring (bicyclic) bond motifs is 1. The van der Waals surface area contributed by atoms with Crippen LogP contribution < -0.4 is 5.73 Å². The summed E-state index contributed by atoms with van der Waals surface area (Å²) in [6.07, 6.45) is 0.764. The Labute approximate surface area is 122 Å². The summed E-state index contributed by atoms with van der Waals surface area (Å²) in [5.74, 6) is -0.528. The van der Waals surface area contributed by atoms with Crippen LogP contribution in [0.5, 0.6) is 11.5 Å². The Balaban J connectivity index is 1.87. The minimum atomic E-state index is -0.249. The molecule has 0 unspecified atom stereocenters. The molecule has 0 spiro atoms. The molecule has 0 saturated carbocycles. The van der Waals surface area contributed by atoms with Gasteiger partial charge in [0, 0.05) is 24.8 Å². The van der Waals surface area contributed by atoms with Crippen molar-refractivity contribution in [2.24, 2.45) is 0 Å². The first kappa shape index (κ1) is 13.3. The number of nitrogens with zero attached hydrogens (tertiary/aromatic N) is 1. The van der Waals surface area contributed by atoms with Gasteiger partial charge in [-0.1, -0.05) is 6.07 Å². The molecule has 1 aliphatic heterocycles. The lowest BCUT2D eigenvalue weighted by Crippen LogP contribution is -2.36. The number of phenolic OH excluding ortho intramolecular Hbond substituents is 2. The summed E-state index contributed by atoms with van der Waals surface area (Å²) in [5, 5.41) is 19.1. The number of nitrogens with two attached hydrogens (primary N) is 1. The van der Waals surface area contributed by atoms with E-state index in [0.717, 1.165) is 12.0 Å². The maximum absolute atomic E-state index is 12.5. The van der Waals surface area contributed by atoms with Crippen LogP contribution in [0.3, 0.4) is 0 Å². The summed E-state index contributed by atoms with van der Waals surface area (Å²) < 4.78 is 0. The zero-order valence-corrected chi connectivity index (χ0v) is 11.4. The van der Waals surface area contributed by atoms with Gasteiger partial charge in [0.05, 0.1) is 5.56 Å². The number of carbonyl (C=O) groups excluding carboxylic acids is 1. The van der Waals surface area contributed by atoms with Crippen LogP contribution in [0.4, 0.5) is 5.69 Å². The maximum atomic E-state index is 12.5. The summed E-state index contributed by atoms with van der Waals surface area (Å²) >= 11 is 0. The highest BCUT2D eigenvalue weighted by molar-refractivity contribution is 5.97. The molecule has 4 N–H and O–H groups in total. The summed E-state index contributed by atoms with van der Waals surface area (Å²) in [7, 11) is 0. The van der Waals surface area contributed by atoms with Crippen LogP contribution >= 0.6 is 0 Å². The van der Waals surface area contributed by atoms with E-state index in [-0.39, 0.29) is 23.0 Å². The van der Waals surface area contributed by atoms with Crippen LogP contribution in [0.2, 0.25) is 0 Å². The molecule has 0 aliphatic carbocycles. The maximum Gasteiger partial charge on any atom is 0.257 e. The third kappa shape index (κ3) is 2.50. The minimum absolute atomic E-state index is 0.0687. The molecule has 1 heterocycles. The number of hydrogen-bond acceptors (Lipinski definition) is 4. The predicted molar refractivity (Wildman–Crippen MR) is 79.1 cm³/mol. The van der Waals surface area contributed by atoms with Crippen molar-refractivity contribution in [3.05, 3.63) is 53.1 Å². The van der Waals surface area contributed by atoms with E-state index in [2.05, 4.69) is 0 Å². The number of rotatable bonds is 1. The number of aromatic hydroxyl groups is 2. The molecule has 0 saturated heterocycles. The van der Waals surface area contributed by atoms with Gasteiger partial charge in [0.2, 0.25) is 0 Å². The zero-order chi connectivity index (χ0) is 15.0. The average molecular weight is 284 g/mol. The van der Waals surface area contributed by atoms with E-state index < -0.39 is 0 Å². The molecule has 3 rings (SSSR count). The Morgan fingerprint density at radius 2 is 1.90 bits per heavy atom. The van der Waals surface area contributed by atoms with Gasteiger partial charge in [0.25, 0.3) is 5.91 Å². The second kappa shape index (κ2) is 5.01. The standard InChI is InChI=1S/C16H16N2O3/c17-12-2-1-10-5-6-18(9-11(10)7-12)16(21)14-4-3-13(19)8-15(14)20/h1-4,7-8,19-20H,5-6,9,17H2. The Hall–Kier alpha value is -2.69. The summed E-state index contributed by atoms with van der Waals surface area (Å²) in [6, 6.07) is 9.73. The van der Waals surface area contributed by atoms with Crippen LogP contribution in [-0.2, 0) is 13.0 Å². The molecule has 0 fully saturated rings. The molecule has 0 atom stereocenters. The lowest BCUT2D eigenvalue weighted by molar-refractivity contribution is 0.0731. The fourth-order valence-electron chi connectivity index (χ4n) is 2.62. The fraction of sp³-hybridized carbons (Fsp3) is 0.188. The van der Waals surface area contributed by atoms with Gasteiger partial charge in [-0.05, 0) is 41.8 Å². The molecule has 21 heavy (non-hydrogen) atoms. The topological polar surface area (TPSA) is 86.8 Å². The van der Waals surface area contributed by atoms with E-state index >= 15 is 0 Å². The molecule has 1 aliphatic rings. The van der Waals surface area contributed by atoms with E-state index in [1.165, 1.54) is 23.8 Å². The monoisotopic (exact) mass is 284 g/mol. The lowest BCUT2D eigenvalue weighted by atomic mass is 9.98. The summed E-state index contributed by atoms with van der Waals surface area (Å²) in [6.45, 7) is 1.07. The Morgan fingerprint density at radius 3 is 2.67 bits per heavy atom. The highest BCUT2D eigenvalue weighted by Gasteiger charge is 2.23. The number of amides is 1. The molecule has 0 bridgehead atoms. The predicted octanol–water partition coefficient (Wildman–Crippen LogP) is 1.88. The number of benzene rings is 2. The van der Waals surface area contributed by atoms with Gasteiger partial charge in [-0.2, -0.15) is 0 Å². The van der Waals surface area contributed by atoms with Gasteiger partial charge in [0.15, 0.2) is 0 Å². The smallest absolute Gasteiger partial charge is 0.257 e. The van der Waals surface area contributed by atoms with Gasteiger partial charge in [-0.25, -0.2) is 0 Å². The molecule has 5 heteroatoms. The minimum Gasteiger partial charge on any atom is -0.508 e. The van der Waals surface area contributed by atoms with Crippen LogP contribution in [0.25, 0.3) is 0 Å². The quantitative estimate of drug-likeness (QED) is 0.698. The van der Waals surface area contributed by atoms with Crippen LogP contribution in [0.1, 0.15) is 21.5 Å². The molecule has 0 aromatic heterocycles. The molecule has 2 aromatic rings. The second-order valence-corrected chi connectivity index (χ2v) is 5.21. The number of hydrogen-bond donors (Lipinski definition) is 3. The van der Waals surface area contributed by atoms with E-state index in [4.69, 9.17) is 5.73 Å². The van der Waals surface area contributed by atoms with Crippen molar-refractivity contribution in [2.45, 2.75) is 13.0 Å². The van der Waals surface area contributed by atoms with E-state index in [0.29, 0.717) is 18.8 Å². The number of carbonyl (C=O) groups is 1. The first-order valence-corrected chi connectivity index (χ1v) is 6.73. The van der Waals surface area contributed by atoms with Crippen molar-refractivity contribution < 1.29 is 15.0 Å². The molecule has 2 aromatic carbocycles. The zero-order valence-electron chi connectivity index (χ0n) is 11.4. The number of anilines is 1. The molecular formula is C16H16N2O3. The van der Waals surface area contributed by atoms with Gasteiger partial charge in [-0.3, -0.25) is 4.79 Å². The molecule has 0 radical (unpaired) electrons. The third-order valence-electron chi connectivity index (χ3n) is 3.74. The van der Waals surface area contributed by atoms with Crippen LogP contribution in [-0.4, -0.2) is 27.6 Å². The van der Waals surface area contributed by atoms with E-state index in [9.17, 15) is 15.0 Å². The average Bonchev–Trinajstić information content (AvgIpc) is 2.46. The van der Waals surface area contributed by atoms with Gasteiger partial charge >= 0.3 is 0 Å². The highest BCUT2D eigenvalue weighted by atomic mass is 16.3. The second-order valence-electron chi connectivity index (χ2n) is 5.21. The lowest BCUT2D eigenvalue weighted by Gasteiger charge is -2.29. The third-order valence-corrected chi connectivity index (χ3v) is 3.74. The van der Waals surface area contributed by atoms with Crippen molar-refractivity contribution in [3.8, 4) is 11.5 Å². The largest absolute Gasteiger partial charge is 0.508 e. The van der Waals surface area contributed by atoms with Crippen molar-refractivity contribution in [2.75, 3.05) is 12.3 Å². The van der Waals surface area contributed by atoms with Crippen molar-refractivity contribution in [3.63, 3.8) is 0 Å². The fourth-order valence-corrected chi connectivity index (χ4v) is 2.62. The van der Waals surface area contributed by atoms with Crippen LogP contribution in [0.15, 0.2) is 36.4 Å². The molecule has 5 nitrogen and oxygen atoms in total. The first-order valence-electron chi connectivity index (χ1n) is 6.73. The van der Waals surface area contributed by atoms with E-state index in [1.807, 2.05) is 18.2 Å². The molecular weight excluding hydrogens is 268 g/mol. The van der Waals surface area contributed by atoms with Crippen molar-refractivity contribution in [1.82, 2.24) is 4.90 Å². The Kier molecular flexibility index (Phi) is 3.17. The van der Waals surface area contributed by atoms with Crippen LogP contribution in [0, 0.1) is 0 Å². The Morgan fingerprint density at radius 1 is 1.10 bits per heavy atom. The van der Waals surface area contributed by atoms with E-state index in [1.54, 1.807) is 4.90 Å². The normalized spacial score (nSPS) is 13.8. The first-order chi connectivity index (χ1) is 10.0. The van der Waals surface area contributed by atoms with Gasteiger partial charge < -0.3 is 20.8 Å². The Bertz CT molecular complexity index is 713. The number of phenols is 2. The number of nitrogen functional groups attached to an aromatic ring is 1. The highest BCUT2D eigenvalue weighted by Crippen LogP contribution is 2.27. The summed E-state index contributed by atoms with van der Waals surface area (Å²) in [4.78, 5) is 14.2. The molecule has 1 amide bonds. The van der Waals surface area contributed by atoms with Gasteiger partial charge in [0.1, 0.15) is 11.5 Å².